The van der Waals surface area contributed by atoms with Crippen LogP contribution in [-0.4, -0.2) is 23.4 Å². The van der Waals surface area contributed by atoms with Crippen molar-refractivity contribution in [3.63, 3.8) is 0 Å². The molecule has 0 radical (unpaired) electrons. The first-order chi connectivity index (χ1) is 12.1. The van der Waals surface area contributed by atoms with Gasteiger partial charge in [0.25, 0.3) is 5.91 Å². The third kappa shape index (κ3) is 3.30. The Bertz CT molecular complexity index is 978. The number of terminal acetylenes is 1. The summed E-state index contributed by atoms with van der Waals surface area (Å²) in [4.78, 5) is 28.9. The third-order valence-corrected chi connectivity index (χ3v) is 3.90. The second-order valence-corrected chi connectivity index (χ2v) is 5.46. The number of hydrogen-bond donors (Lipinski definition) is 1. The molecule has 3 rings (SSSR count). The molecule has 3 aromatic rings. The van der Waals surface area contributed by atoms with E-state index in [0.717, 1.165) is 10.9 Å². The van der Waals surface area contributed by atoms with Crippen LogP contribution in [0.25, 0.3) is 10.9 Å². The third-order valence-electron chi connectivity index (χ3n) is 3.90. The highest BCUT2D eigenvalue weighted by Gasteiger charge is 2.12. The van der Waals surface area contributed by atoms with Crippen LogP contribution in [0.4, 0.5) is 0 Å². The standard InChI is InChI=1S/C20H16N2O3/c1-3-11-22-12-10-16-13-17(8-9-18(16)22)19(23)14-4-6-15(7-5-14)20(24)21-25-2/h1,4-10,12-13H,11H2,2H3,(H,21,24). The van der Waals surface area contributed by atoms with E-state index in [1.807, 2.05) is 29.0 Å². The highest BCUT2D eigenvalue weighted by atomic mass is 16.6. The molecule has 0 unspecified atom stereocenters. The predicted molar refractivity (Wildman–Crippen MR) is 95.1 cm³/mol. The maximum absolute atomic E-state index is 12.7. The number of nitrogens with one attached hydrogen (secondary N) is 1. The highest BCUT2D eigenvalue weighted by Crippen LogP contribution is 2.20. The molecule has 5 heteroatoms. The Labute approximate surface area is 145 Å². The van der Waals surface area contributed by atoms with E-state index in [-0.39, 0.29) is 11.7 Å². The van der Waals surface area contributed by atoms with E-state index in [0.29, 0.717) is 23.2 Å². The van der Waals surface area contributed by atoms with E-state index < -0.39 is 0 Å². The minimum absolute atomic E-state index is 0.106. The number of fused-ring (bicyclic) bond motifs is 1. The lowest BCUT2D eigenvalue weighted by molar-refractivity contribution is 0.0537. The summed E-state index contributed by atoms with van der Waals surface area (Å²) in [6.45, 7) is 0.488. The summed E-state index contributed by atoms with van der Waals surface area (Å²) in [5.41, 5.74) is 4.73. The van der Waals surface area contributed by atoms with Crippen LogP contribution < -0.4 is 5.48 Å². The van der Waals surface area contributed by atoms with Crippen molar-refractivity contribution in [1.82, 2.24) is 10.0 Å². The first-order valence-electron chi connectivity index (χ1n) is 7.64. The molecule has 5 nitrogen and oxygen atoms in total. The molecular formula is C20H16N2O3. The van der Waals surface area contributed by atoms with Crippen molar-refractivity contribution in [2.24, 2.45) is 0 Å². The Kier molecular flexibility index (Phi) is 4.64. The zero-order chi connectivity index (χ0) is 17.8. The monoisotopic (exact) mass is 332 g/mol. The number of benzene rings is 2. The molecule has 0 spiro atoms. The maximum Gasteiger partial charge on any atom is 0.274 e. The quantitative estimate of drug-likeness (QED) is 0.444. The molecule has 124 valence electrons. The van der Waals surface area contributed by atoms with Crippen molar-refractivity contribution in [3.05, 3.63) is 71.4 Å². The largest absolute Gasteiger partial charge is 0.336 e. The normalized spacial score (nSPS) is 10.4. The van der Waals surface area contributed by atoms with Crippen LogP contribution in [0, 0.1) is 12.3 Å². The molecule has 0 aliphatic heterocycles. The van der Waals surface area contributed by atoms with Crippen LogP contribution in [0.2, 0.25) is 0 Å². The molecule has 0 aliphatic carbocycles. The summed E-state index contributed by atoms with van der Waals surface area (Å²) in [7, 11) is 1.36. The molecule has 1 amide bonds. The summed E-state index contributed by atoms with van der Waals surface area (Å²) >= 11 is 0. The first kappa shape index (κ1) is 16.5. The number of hydrogen-bond acceptors (Lipinski definition) is 3. The van der Waals surface area contributed by atoms with Gasteiger partial charge in [-0.1, -0.05) is 18.1 Å². The minimum atomic E-state index is -0.363. The molecule has 0 atom stereocenters. The van der Waals surface area contributed by atoms with Gasteiger partial charge < -0.3 is 4.57 Å². The van der Waals surface area contributed by atoms with E-state index in [2.05, 4.69) is 16.2 Å². The molecule has 2 aromatic carbocycles. The molecular weight excluding hydrogens is 316 g/mol. The van der Waals surface area contributed by atoms with Gasteiger partial charge >= 0.3 is 0 Å². The van der Waals surface area contributed by atoms with Crippen LogP contribution in [0.5, 0.6) is 0 Å². The van der Waals surface area contributed by atoms with Gasteiger partial charge in [0, 0.05) is 33.8 Å². The number of ketones is 1. The second kappa shape index (κ2) is 7.04. The molecule has 25 heavy (non-hydrogen) atoms. The summed E-state index contributed by atoms with van der Waals surface area (Å²) < 4.78 is 1.95. The number of nitrogens with zero attached hydrogens (tertiary/aromatic N) is 1. The average Bonchev–Trinajstić information content (AvgIpc) is 3.04. The number of hydroxylamine groups is 1. The average molecular weight is 332 g/mol. The van der Waals surface area contributed by atoms with Crippen LogP contribution in [0.15, 0.2) is 54.7 Å². The fourth-order valence-electron chi connectivity index (χ4n) is 2.67. The number of aromatic nitrogens is 1. The van der Waals surface area contributed by atoms with Gasteiger partial charge in [-0.15, -0.1) is 6.42 Å². The molecule has 1 N–H and O–H groups in total. The van der Waals surface area contributed by atoms with Gasteiger partial charge in [0.15, 0.2) is 5.78 Å². The second-order valence-electron chi connectivity index (χ2n) is 5.46. The van der Waals surface area contributed by atoms with E-state index in [1.54, 1.807) is 30.3 Å². The summed E-state index contributed by atoms with van der Waals surface area (Å²) in [5.74, 6) is 2.13. The van der Waals surface area contributed by atoms with Crippen LogP contribution in [0.3, 0.4) is 0 Å². The number of carbonyl (C=O) groups excluding carboxylic acids is 2. The smallest absolute Gasteiger partial charge is 0.274 e. The van der Waals surface area contributed by atoms with Gasteiger partial charge in [-0.3, -0.25) is 14.4 Å². The molecule has 0 fully saturated rings. The molecule has 1 heterocycles. The van der Waals surface area contributed by atoms with E-state index in [1.165, 1.54) is 7.11 Å². The molecule has 0 bridgehead atoms. The zero-order valence-electron chi connectivity index (χ0n) is 13.7. The van der Waals surface area contributed by atoms with Crippen molar-refractivity contribution in [2.75, 3.05) is 7.11 Å². The van der Waals surface area contributed by atoms with Gasteiger partial charge in [-0.2, -0.15) is 0 Å². The van der Waals surface area contributed by atoms with Gasteiger partial charge in [0.1, 0.15) is 0 Å². The van der Waals surface area contributed by atoms with Gasteiger partial charge in [-0.25, -0.2) is 5.48 Å². The first-order valence-corrected chi connectivity index (χ1v) is 7.64. The van der Waals surface area contributed by atoms with Crippen molar-refractivity contribution in [2.45, 2.75) is 6.54 Å². The van der Waals surface area contributed by atoms with E-state index >= 15 is 0 Å². The molecule has 1 aromatic heterocycles. The topological polar surface area (TPSA) is 60.3 Å². The van der Waals surface area contributed by atoms with Gasteiger partial charge in [-0.05, 0) is 36.4 Å². The van der Waals surface area contributed by atoms with Crippen LogP contribution >= 0.6 is 0 Å². The summed E-state index contributed by atoms with van der Waals surface area (Å²) in [6, 6.07) is 13.9. The molecule has 0 saturated heterocycles. The Morgan fingerprint density at radius 2 is 1.76 bits per heavy atom. The van der Waals surface area contributed by atoms with Crippen LogP contribution in [-0.2, 0) is 11.4 Å². The molecule has 0 saturated carbocycles. The maximum atomic E-state index is 12.7. The lowest BCUT2D eigenvalue weighted by Crippen LogP contribution is -2.21. The number of rotatable bonds is 5. The molecule has 0 aliphatic rings. The SMILES string of the molecule is C#CCn1ccc2cc(C(=O)c3ccc(C(=O)NOC)cc3)ccc21. The number of carbonyl (C=O) groups is 2. The van der Waals surface area contributed by atoms with Crippen molar-refractivity contribution < 1.29 is 14.4 Å². The van der Waals surface area contributed by atoms with E-state index in [9.17, 15) is 9.59 Å². The summed E-state index contributed by atoms with van der Waals surface area (Å²) in [6.07, 6.45) is 7.26. The van der Waals surface area contributed by atoms with Gasteiger partial charge in [0.05, 0.1) is 13.7 Å². The summed E-state index contributed by atoms with van der Waals surface area (Å²) in [5, 5.41) is 0.956. The zero-order valence-corrected chi connectivity index (χ0v) is 13.7. The Balaban J connectivity index is 1.86. The van der Waals surface area contributed by atoms with Crippen LogP contribution in [0.1, 0.15) is 26.3 Å². The van der Waals surface area contributed by atoms with Crippen molar-refractivity contribution >= 4 is 22.6 Å². The van der Waals surface area contributed by atoms with Crippen molar-refractivity contribution in [1.29, 1.82) is 0 Å². The fourth-order valence-corrected chi connectivity index (χ4v) is 2.67. The van der Waals surface area contributed by atoms with Gasteiger partial charge in [0.2, 0.25) is 0 Å². The Morgan fingerprint density at radius 1 is 1.08 bits per heavy atom. The van der Waals surface area contributed by atoms with E-state index in [4.69, 9.17) is 6.42 Å². The fraction of sp³-hybridized carbons (Fsp3) is 0.100. The Hall–Kier alpha value is -3.36. The highest BCUT2D eigenvalue weighted by molar-refractivity contribution is 6.11. The number of amides is 1. The Morgan fingerprint density at radius 3 is 2.44 bits per heavy atom. The predicted octanol–water partition coefficient (Wildman–Crippen LogP) is 2.80. The van der Waals surface area contributed by atoms with Crippen molar-refractivity contribution in [3.8, 4) is 12.3 Å². The lowest BCUT2D eigenvalue weighted by atomic mass is 10.0. The minimum Gasteiger partial charge on any atom is -0.336 e. The lowest BCUT2D eigenvalue weighted by Gasteiger charge is -2.05.